The van der Waals surface area contributed by atoms with Crippen molar-refractivity contribution >= 4 is 11.5 Å². The topological polar surface area (TPSA) is 38.8 Å². The van der Waals surface area contributed by atoms with Crippen LogP contribution in [0.1, 0.15) is 17.3 Å². The molecule has 98 valence electrons. The van der Waals surface area contributed by atoms with E-state index in [1.54, 1.807) is 21.1 Å². The molecule has 4 nitrogen and oxygen atoms in total. The standard InChI is InChI=1S/C14H19NO3/c1-10(16)11-6-4-5-7-12(11)15-8-13(17-2)14(9-15)18-3/h4-7,13-14H,8-9H2,1-3H3. The Bertz CT molecular complexity index is 421. The van der Waals surface area contributed by atoms with Crippen molar-refractivity contribution in [2.45, 2.75) is 19.1 Å². The molecule has 1 saturated heterocycles. The first-order valence-corrected chi connectivity index (χ1v) is 6.08. The predicted octanol–water partition coefficient (Wildman–Crippen LogP) is 1.74. The second-order valence-electron chi connectivity index (χ2n) is 4.53. The van der Waals surface area contributed by atoms with Crippen LogP contribution in [0.5, 0.6) is 0 Å². The lowest BCUT2D eigenvalue weighted by atomic mass is 10.1. The molecule has 1 fully saturated rings. The average Bonchev–Trinajstić information content (AvgIpc) is 2.81. The van der Waals surface area contributed by atoms with Crippen LogP contribution >= 0.6 is 0 Å². The van der Waals surface area contributed by atoms with E-state index in [1.807, 2.05) is 24.3 Å². The zero-order valence-corrected chi connectivity index (χ0v) is 11.1. The van der Waals surface area contributed by atoms with Crippen LogP contribution in [0.4, 0.5) is 5.69 Å². The lowest BCUT2D eigenvalue weighted by molar-refractivity contribution is -0.00461. The molecule has 0 spiro atoms. The summed E-state index contributed by atoms with van der Waals surface area (Å²) >= 11 is 0. The van der Waals surface area contributed by atoms with E-state index >= 15 is 0 Å². The van der Waals surface area contributed by atoms with Gasteiger partial charge in [-0.05, 0) is 19.1 Å². The number of nitrogens with zero attached hydrogens (tertiary/aromatic N) is 1. The number of ether oxygens (including phenoxy) is 2. The van der Waals surface area contributed by atoms with Crippen molar-refractivity contribution in [1.82, 2.24) is 0 Å². The number of methoxy groups -OCH3 is 2. The molecule has 1 aliphatic heterocycles. The number of carbonyl (C=O) groups is 1. The maximum absolute atomic E-state index is 11.6. The van der Waals surface area contributed by atoms with Gasteiger partial charge in [0.1, 0.15) is 12.2 Å². The van der Waals surface area contributed by atoms with Gasteiger partial charge < -0.3 is 14.4 Å². The third-order valence-corrected chi connectivity index (χ3v) is 3.44. The van der Waals surface area contributed by atoms with Gasteiger partial charge in [-0.25, -0.2) is 0 Å². The Kier molecular flexibility index (Phi) is 3.99. The first-order chi connectivity index (χ1) is 8.67. The van der Waals surface area contributed by atoms with Gasteiger partial charge in [0.15, 0.2) is 5.78 Å². The first-order valence-electron chi connectivity index (χ1n) is 6.08. The van der Waals surface area contributed by atoms with E-state index < -0.39 is 0 Å². The third kappa shape index (κ3) is 2.40. The third-order valence-electron chi connectivity index (χ3n) is 3.44. The second-order valence-corrected chi connectivity index (χ2v) is 4.53. The van der Waals surface area contributed by atoms with Gasteiger partial charge in [-0.15, -0.1) is 0 Å². The van der Waals surface area contributed by atoms with Gasteiger partial charge in [-0.1, -0.05) is 12.1 Å². The molecule has 1 aromatic rings. The van der Waals surface area contributed by atoms with Crippen molar-refractivity contribution in [1.29, 1.82) is 0 Å². The number of Topliss-reactive ketones (excluding diaryl/α,β-unsaturated/α-hetero) is 1. The van der Waals surface area contributed by atoms with Crippen LogP contribution in [0.15, 0.2) is 24.3 Å². The highest BCUT2D eigenvalue weighted by Gasteiger charge is 2.34. The van der Waals surface area contributed by atoms with E-state index in [-0.39, 0.29) is 18.0 Å². The Morgan fingerprint density at radius 1 is 1.17 bits per heavy atom. The summed E-state index contributed by atoms with van der Waals surface area (Å²) in [7, 11) is 3.38. The van der Waals surface area contributed by atoms with E-state index in [1.165, 1.54) is 0 Å². The van der Waals surface area contributed by atoms with Crippen molar-refractivity contribution in [2.24, 2.45) is 0 Å². The number of carbonyl (C=O) groups excluding carboxylic acids is 1. The van der Waals surface area contributed by atoms with Crippen LogP contribution in [0.25, 0.3) is 0 Å². The number of hydrogen-bond donors (Lipinski definition) is 0. The van der Waals surface area contributed by atoms with Gasteiger partial charge in [-0.3, -0.25) is 4.79 Å². The molecule has 0 saturated carbocycles. The number of hydrogen-bond acceptors (Lipinski definition) is 4. The van der Waals surface area contributed by atoms with E-state index in [2.05, 4.69) is 4.90 Å². The summed E-state index contributed by atoms with van der Waals surface area (Å²) < 4.78 is 10.8. The quantitative estimate of drug-likeness (QED) is 0.762. The Hall–Kier alpha value is -1.39. The Morgan fingerprint density at radius 3 is 2.22 bits per heavy atom. The number of anilines is 1. The van der Waals surface area contributed by atoms with Crippen molar-refractivity contribution in [3.05, 3.63) is 29.8 Å². The molecular formula is C14H19NO3. The van der Waals surface area contributed by atoms with Gasteiger partial charge in [-0.2, -0.15) is 0 Å². The maximum atomic E-state index is 11.6. The molecule has 4 heteroatoms. The van der Waals surface area contributed by atoms with Crippen molar-refractivity contribution < 1.29 is 14.3 Å². The molecule has 18 heavy (non-hydrogen) atoms. The van der Waals surface area contributed by atoms with Gasteiger partial charge in [0, 0.05) is 38.6 Å². The van der Waals surface area contributed by atoms with Gasteiger partial charge in [0.25, 0.3) is 0 Å². The molecule has 1 aliphatic rings. The second kappa shape index (κ2) is 5.50. The Morgan fingerprint density at radius 2 is 1.72 bits per heavy atom. The molecule has 1 aromatic carbocycles. The fraction of sp³-hybridized carbons (Fsp3) is 0.500. The number of para-hydroxylation sites is 1. The molecule has 0 amide bonds. The molecular weight excluding hydrogens is 230 g/mol. The molecule has 1 heterocycles. The van der Waals surface area contributed by atoms with Gasteiger partial charge in [0.2, 0.25) is 0 Å². The van der Waals surface area contributed by atoms with E-state index in [0.717, 1.165) is 24.3 Å². The fourth-order valence-electron chi connectivity index (χ4n) is 2.44. The minimum atomic E-state index is 0.0509. The Labute approximate surface area is 107 Å². The number of rotatable bonds is 4. The Balaban J connectivity index is 2.26. The molecule has 2 atom stereocenters. The molecule has 0 bridgehead atoms. The maximum Gasteiger partial charge on any atom is 0.161 e. The molecule has 2 unspecified atom stereocenters. The van der Waals surface area contributed by atoms with Crippen LogP contribution in [-0.2, 0) is 9.47 Å². The smallest absolute Gasteiger partial charge is 0.161 e. The van der Waals surface area contributed by atoms with Gasteiger partial charge >= 0.3 is 0 Å². The largest absolute Gasteiger partial charge is 0.377 e. The van der Waals surface area contributed by atoms with Crippen LogP contribution in [0.2, 0.25) is 0 Å². The van der Waals surface area contributed by atoms with E-state index in [4.69, 9.17) is 9.47 Å². The summed E-state index contributed by atoms with van der Waals surface area (Å²) in [6.07, 6.45) is 0.102. The highest BCUT2D eigenvalue weighted by atomic mass is 16.5. The average molecular weight is 249 g/mol. The zero-order chi connectivity index (χ0) is 13.1. The van der Waals surface area contributed by atoms with Crippen molar-refractivity contribution in [2.75, 3.05) is 32.2 Å². The van der Waals surface area contributed by atoms with Crippen molar-refractivity contribution in [3.63, 3.8) is 0 Å². The minimum absolute atomic E-state index is 0.0509. The summed E-state index contributed by atoms with van der Waals surface area (Å²) in [6.45, 7) is 3.09. The monoisotopic (exact) mass is 249 g/mol. The molecule has 0 aliphatic carbocycles. The summed E-state index contributed by atoms with van der Waals surface area (Å²) in [4.78, 5) is 13.8. The molecule has 2 rings (SSSR count). The zero-order valence-electron chi connectivity index (χ0n) is 11.1. The van der Waals surface area contributed by atoms with Crippen LogP contribution in [0.3, 0.4) is 0 Å². The summed E-state index contributed by atoms with van der Waals surface area (Å²) in [5.74, 6) is 0.0837. The molecule has 0 N–H and O–H groups in total. The number of ketones is 1. The van der Waals surface area contributed by atoms with Crippen LogP contribution < -0.4 is 4.90 Å². The highest BCUT2D eigenvalue weighted by molar-refractivity contribution is 5.99. The van der Waals surface area contributed by atoms with E-state index in [0.29, 0.717) is 0 Å². The van der Waals surface area contributed by atoms with Crippen molar-refractivity contribution in [3.8, 4) is 0 Å². The van der Waals surface area contributed by atoms with Crippen LogP contribution in [-0.4, -0.2) is 45.3 Å². The predicted molar refractivity (Wildman–Crippen MR) is 70.3 cm³/mol. The molecule has 0 radical (unpaired) electrons. The van der Waals surface area contributed by atoms with E-state index in [9.17, 15) is 4.79 Å². The van der Waals surface area contributed by atoms with Crippen LogP contribution in [0, 0.1) is 0 Å². The highest BCUT2D eigenvalue weighted by Crippen LogP contribution is 2.27. The minimum Gasteiger partial charge on any atom is -0.377 e. The van der Waals surface area contributed by atoms with Gasteiger partial charge in [0.05, 0.1) is 0 Å². The number of benzene rings is 1. The summed E-state index contributed by atoms with van der Waals surface area (Å²) in [5, 5.41) is 0. The molecule has 0 aromatic heterocycles. The summed E-state index contributed by atoms with van der Waals surface area (Å²) in [6, 6.07) is 7.67. The summed E-state index contributed by atoms with van der Waals surface area (Å²) in [5.41, 5.74) is 1.72. The lowest BCUT2D eigenvalue weighted by Gasteiger charge is -2.20. The normalized spacial score (nSPS) is 23.4. The fourth-order valence-corrected chi connectivity index (χ4v) is 2.44. The SMILES string of the molecule is COC1CN(c2ccccc2C(C)=O)CC1OC. The first kappa shape index (κ1) is 13.1. The lowest BCUT2D eigenvalue weighted by Crippen LogP contribution is -2.27.